The summed E-state index contributed by atoms with van der Waals surface area (Å²) in [6, 6.07) is 6.79. The molecule has 0 unspecified atom stereocenters. The molecule has 3 nitrogen and oxygen atoms in total. The third-order valence-corrected chi connectivity index (χ3v) is 4.85. The molecule has 1 saturated heterocycles. The number of hydrogen-bond donors (Lipinski definition) is 1. The van der Waals surface area contributed by atoms with Crippen LogP contribution in [0.25, 0.3) is 6.08 Å². The van der Waals surface area contributed by atoms with Crippen LogP contribution in [0.4, 0.5) is 18.9 Å². The molecule has 124 valence electrons. The Labute approximate surface area is 149 Å². The standard InChI is InChI=1S/C15H8ClF3N2OS2/c16-11-4-3-9(7-10(11)15(17,18)19)21-13(22)12(24-14(21)23)6-8-2-1-5-20-8/h1-7,20H/b12-6+. The summed E-state index contributed by atoms with van der Waals surface area (Å²) < 4.78 is 39.2. The van der Waals surface area contributed by atoms with Crippen molar-refractivity contribution in [1.82, 2.24) is 4.98 Å². The van der Waals surface area contributed by atoms with Gasteiger partial charge >= 0.3 is 6.18 Å². The van der Waals surface area contributed by atoms with Crippen LogP contribution in [0.2, 0.25) is 5.02 Å². The predicted octanol–water partition coefficient (Wildman–Crippen LogP) is 5.09. The number of anilines is 1. The van der Waals surface area contributed by atoms with Gasteiger partial charge in [0.1, 0.15) is 0 Å². The van der Waals surface area contributed by atoms with Crippen molar-refractivity contribution in [3.63, 3.8) is 0 Å². The van der Waals surface area contributed by atoms with Gasteiger partial charge in [0.05, 0.1) is 21.2 Å². The topological polar surface area (TPSA) is 36.1 Å². The lowest BCUT2D eigenvalue weighted by atomic mass is 10.1. The van der Waals surface area contributed by atoms with Crippen LogP contribution in [0.5, 0.6) is 0 Å². The smallest absolute Gasteiger partial charge is 0.362 e. The fourth-order valence-electron chi connectivity index (χ4n) is 2.14. The summed E-state index contributed by atoms with van der Waals surface area (Å²) in [6.07, 6.45) is -1.32. The highest BCUT2D eigenvalue weighted by molar-refractivity contribution is 8.27. The van der Waals surface area contributed by atoms with Gasteiger partial charge in [-0.25, -0.2) is 0 Å². The number of thioether (sulfide) groups is 1. The fraction of sp³-hybridized carbons (Fsp3) is 0.0667. The molecule has 0 bridgehead atoms. The second kappa shape index (κ2) is 6.27. The molecular formula is C15H8ClF3N2OS2. The lowest BCUT2D eigenvalue weighted by Crippen LogP contribution is -2.27. The molecule has 0 radical (unpaired) electrons. The van der Waals surface area contributed by atoms with Crippen LogP contribution in [0, 0.1) is 0 Å². The number of rotatable bonds is 2. The van der Waals surface area contributed by atoms with Gasteiger partial charge in [0.15, 0.2) is 4.32 Å². The first kappa shape index (κ1) is 17.1. The molecular weight excluding hydrogens is 381 g/mol. The summed E-state index contributed by atoms with van der Waals surface area (Å²) in [5.74, 6) is -0.477. The van der Waals surface area contributed by atoms with Gasteiger partial charge in [-0.3, -0.25) is 9.69 Å². The molecule has 3 rings (SSSR count). The van der Waals surface area contributed by atoms with E-state index in [1.54, 1.807) is 24.4 Å². The summed E-state index contributed by atoms with van der Waals surface area (Å²) in [5.41, 5.74) is -0.282. The average Bonchev–Trinajstić information content (AvgIpc) is 3.08. The second-order valence-electron chi connectivity index (χ2n) is 4.80. The second-order valence-corrected chi connectivity index (χ2v) is 6.89. The minimum absolute atomic E-state index is 0.0316. The lowest BCUT2D eigenvalue weighted by Gasteiger charge is -2.17. The highest BCUT2D eigenvalue weighted by Crippen LogP contribution is 2.40. The van der Waals surface area contributed by atoms with Crippen molar-refractivity contribution in [2.24, 2.45) is 0 Å². The first-order valence-corrected chi connectivity index (χ1v) is 8.16. The number of amides is 1. The molecule has 24 heavy (non-hydrogen) atoms. The van der Waals surface area contributed by atoms with Crippen molar-refractivity contribution >= 4 is 57.6 Å². The molecule has 1 aliphatic heterocycles. The van der Waals surface area contributed by atoms with Gasteiger partial charge in [-0.15, -0.1) is 0 Å². The number of aromatic nitrogens is 1. The number of halogens is 4. The SMILES string of the molecule is O=C1/C(=C\c2ccc[nH]2)SC(=S)N1c1ccc(Cl)c(C(F)(F)F)c1. The molecule has 0 aliphatic carbocycles. The van der Waals surface area contributed by atoms with Crippen molar-refractivity contribution in [2.45, 2.75) is 6.18 Å². The number of nitrogens with zero attached hydrogens (tertiary/aromatic N) is 1. The third-order valence-electron chi connectivity index (χ3n) is 3.22. The molecule has 2 heterocycles. The molecule has 0 atom stereocenters. The number of nitrogens with one attached hydrogen (secondary N) is 1. The number of aromatic amines is 1. The Bertz CT molecular complexity index is 847. The number of alkyl halides is 3. The van der Waals surface area contributed by atoms with Gasteiger partial charge in [-0.1, -0.05) is 35.6 Å². The number of benzene rings is 1. The zero-order chi connectivity index (χ0) is 17.5. The van der Waals surface area contributed by atoms with E-state index in [9.17, 15) is 18.0 Å². The fourth-order valence-corrected chi connectivity index (χ4v) is 3.65. The largest absolute Gasteiger partial charge is 0.417 e. The van der Waals surface area contributed by atoms with Gasteiger partial charge < -0.3 is 4.98 Å². The van der Waals surface area contributed by atoms with E-state index >= 15 is 0 Å². The highest BCUT2D eigenvalue weighted by Gasteiger charge is 2.37. The van der Waals surface area contributed by atoms with Gasteiger partial charge in [0, 0.05) is 11.9 Å². The lowest BCUT2D eigenvalue weighted by molar-refractivity contribution is -0.137. The minimum atomic E-state index is -4.62. The zero-order valence-electron chi connectivity index (χ0n) is 11.7. The van der Waals surface area contributed by atoms with Crippen molar-refractivity contribution in [2.75, 3.05) is 4.90 Å². The Balaban J connectivity index is 1.98. The summed E-state index contributed by atoms with van der Waals surface area (Å²) in [6.45, 7) is 0. The van der Waals surface area contributed by atoms with E-state index in [0.29, 0.717) is 10.6 Å². The number of carbonyl (C=O) groups excluding carboxylic acids is 1. The van der Waals surface area contributed by atoms with E-state index in [0.717, 1.165) is 28.8 Å². The van der Waals surface area contributed by atoms with Gasteiger partial charge in [-0.05, 0) is 36.4 Å². The normalized spacial score (nSPS) is 17.2. The van der Waals surface area contributed by atoms with Crippen molar-refractivity contribution in [1.29, 1.82) is 0 Å². The van der Waals surface area contributed by atoms with Gasteiger partial charge in [0.25, 0.3) is 5.91 Å². The van der Waals surface area contributed by atoms with Gasteiger partial charge in [0.2, 0.25) is 0 Å². The first-order valence-electron chi connectivity index (χ1n) is 6.55. The molecule has 1 fully saturated rings. The molecule has 0 saturated carbocycles. The molecule has 1 aromatic heterocycles. The van der Waals surface area contributed by atoms with E-state index in [1.165, 1.54) is 6.07 Å². The Morgan fingerprint density at radius 1 is 1.29 bits per heavy atom. The van der Waals surface area contributed by atoms with Crippen LogP contribution < -0.4 is 4.90 Å². The third kappa shape index (κ3) is 3.22. The van der Waals surface area contributed by atoms with Crippen LogP contribution in [0.3, 0.4) is 0 Å². The molecule has 1 N–H and O–H groups in total. The van der Waals surface area contributed by atoms with E-state index < -0.39 is 22.7 Å². The Morgan fingerprint density at radius 3 is 2.67 bits per heavy atom. The summed E-state index contributed by atoms with van der Waals surface area (Å²) in [4.78, 5) is 16.8. The quantitative estimate of drug-likeness (QED) is 0.575. The molecule has 9 heteroatoms. The summed E-state index contributed by atoms with van der Waals surface area (Å²) in [7, 11) is 0. The first-order chi connectivity index (χ1) is 11.3. The van der Waals surface area contributed by atoms with E-state index in [-0.39, 0.29) is 10.0 Å². The summed E-state index contributed by atoms with van der Waals surface area (Å²) in [5, 5.41) is -0.432. The monoisotopic (exact) mass is 388 g/mol. The van der Waals surface area contributed by atoms with Crippen LogP contribution >= 0.6 is 35.6 Å². The Kier molecular flexibility index (Phi) is 4.46. The molecule has 1 aliphatic rings. The van der Waals surface area contributed by atoms with E-state index in [4.69, 9.17) is 23.8 Å². The van der Waals surface area contributed by atoms with Crippen molar-refractivity contribution < 1.29 is 18.0 Å². The maximum Gasteiger partial charge on any atom is 0.417 e. The van der Waals surface area contributed by atoms with Crippen LogP contribution in [-0.4, -0.2) is 15.2 Å². The summed E-state index contributed by atoms with van der Waals surface area (Å²) >= 11 is 11.8. The van der Waals surface area contributed by atoms with E-state index in [2.05, 4.69) is 4.98 Å². The highest BCUT2D eigenvalue weighted by atomic mass is 35.5. The van der Waals surface area contributed by atoms with Crippen LogP contribution in [0.1, 0.15) is 11.3 Å². The predicted molar refractivity (Wildman–Crippen MR) is 92.9 cm³/mol. The minimum Gasteiger partial charge on any atom is -0.362 e. The molecule has 2 aromatic rings. The molecule has 0 spiro atoms. The number of thiocarbonyl (C=S) groups is 1. The Hall–Kier alpha value is -1.77. The molecule has 1 amide bonds. The molecule has 1 aromatic carbocycles. The zero-order valence-corrected chi connectivity index (χ0v) is 14.1. The average molecular weight is 389 g/mol. The number of carbonyl (C=O) groups is 1. The number of hydrogen-bond acceptors (Lipinski definition) is 3. The van der Waals surface area contributed by atoms with Crippen molar-refractivity contribution in [3.8, 4) is 0 Å². The van der Waals surface area contributed by atoms with Crippen molar-refractivity contribution in [3.05, 3.63) is 57.7 Å². The number of H-pyrrole nitrogens is 1. The van der Waals surface area contributed by atoms with Crippen LogP contribution in [-0.2, 0) is 11.0 Å². The maximum atomic E-state index is 13.0. The maximum absolute atomic E-state index is 13.0. The van der Waals surface area contributed by atoms with Gasteiger partial charge in [-0.2, -0.15) is 13.2 Å². The van der Waals surface area contributed by atoms with Crippen LogP contribution in [0.15, 0.2) is 41.4 Å². The Morgan fingerprint density at radius 2 is 2.04 bits per heavy atom. The van der Waals surface area contributed by atoms with E-state index in [1.807, 2.05) is 0 Å².